The van der Waals surface area contributed by atoms with Crippen molar-refractivity contribution in [1.82, 2.24) is 10.2 Å². The summed E-state index contributed by atoms with van der Waals surface area (Å²) in [5.74, 6) is 0.0981. The maximum atomic E-state index is 12.2. The minimum Gasteiger partial charge on any atom is -0.368 e. The number of nitrogens with one attached hydrogen (secondary N) is 2. The van der Waals surface area contributed by atoms with E-state index in [2.05, 4.69) is 41.5 Å². The zero-order chi connectivity index (χ0) is 21.6. The van der Waals surface area contributed by atoms with Gasteiger partial charge in [0.1, 0.15) is 0 Å². The number of benzene rings is 1. The largest absolute Gasteiger partial charge is 0.368 e. The first-order valence-electron chi connectivity index (χ1n) is 11.8. The number of unbranched alkanes of at least 4 members (excludes halogenated alkanes) is 6. The van der Waals surface area contributed by atoms with Crippen molar-refractivity contribution in [2.24, 2.45) is 0 Å². The lowest BCUT2D eigenvalue weighted by molar-refractivity contribution is -0.116. The standard InChI is InChI=1S/C24H40N4O2/c1-3-5-7-8-9-10-11-23(29)26-21-12-14-22(15-13-21)27-17-19-28(20-18-27)24(30)25-16-6-4-2/h12-15H,3-11,16-20H2,1-2H3,(H,25,30)(H,26,29). The first-order chi connectivity index (χ1) is 14.6. The third-order valence-electron chi connectivity index (χ3n) is 5.65. The summed E-state index contributed by atoms with van der Waals surface area (Å²) in [6.45, 7) is 8.20. The van der Waals surface area contributed by atoms with Crippen LogP contribution in [0.15, 0.2) is 24.3 Å². The molecule has 30 heavy (non-hydrogen) atoms. The Morgan fingerprint density at radius 2 is 1.47 bits per heavy atom. The summed E-state index contributed by atoms with van der Waals surface area (Å²) in [4.78, 5) is 28.5. The molecule has 2 rings (SSSR count). The Hall–Kier alpha value is -2.24. The van der Waals surface area contributed by atoms with Gasteiger partial charge in [0.05, 0.1) is 0 Å². The molecule has 0 aliphatic carbocycles. The summed E-state index contributed by atoms with van der Waals surface area (Å²) in [7, 11) is 0. The molecule has 0 saturated carbocycles. The van der Waals surface area contributed by atoms with Gasteiger partial charge >= 0.3 is 6.03 Å². The second kappa shape index (κ2) is 13.9. The number of urea groups is 1. The summed E-state index contributed by atoms with van der Waals surface area (Å²) in [6.07, 6.45) is 9.84. The van der Waals surface area contributed by atoms with E-state index in [0.717, 1.165) is 69.8 Å². The van der Waals surface area contributed by atoms with Crippen molar-refractivity contribution in [2.75, 3.05) is 42.9 Å². The van der Waals surface area contributed by atoms with E-state index in [1.54, 1.807) is 0 Å². The van der Waals surface area contributed by atoms with Gasteiger partial charge in [-0.3, -0.25) is 4.79 Å². The van der Waals surface area contributed by atoms with E-state index in [1.165, 1.54) is 25.7 Å². The number of carbonyl (C=O) groups excluding carboxylic acids is 2. The summed E-state index contributed by atoms with van der Waals surface area (Å²) in [5, 5.41) is 5.99. The van der Waals surface area contributed by atoms with Gasteiger partial charge in [0.2, 0.25) is 5.91 Å². The number of hydrogen-bond acceptors (Lipinski definition) is 3. The second-order valence-corrected chi connectivity index (χ2v) is 8.17. The summed E-state index contributed by atoms with van der Waals surface area (Å²) < 4.78 is 0. The molecule has 3 amide bonds. The molecule has 6 heteroatoms. The second-order valence-electron chi connectivity index (χ2n) is 8.17. The fourth-order valence-corrected chi connectivity index (χ4v) is 3.70. The smallest absolute Gasteiger partial charge is 0.317 e. The Kier molecular flexibility index (Phi) is 11.1. The minimum atomic E-state index is 0.0477. The maximum absolute atomic E-state index is 12.2. The fraction of sp³-hybridized carbons (Fsp3) is 0.667. The number of rotatable bonds is 12. The normalized spacial score (nSPS) is 13.9. The monoisotopic (exact) mass is 416 g/mol. The number of carbonyl (C=O) groups is 2. The molecule has 1 aromatic rings. The van der Waals surface area contributed by atoms with Crippen LogP contribution in [-0.4, -0.2) is 49.6 Å². The molecule has 1 heterocycles. The third-order valence-corrected chi connectivity index (χ3v) is 5.65. The van der Waals surface area contributed by atoms with Gasteiger partial charge in [0, 0.05) is 50.5 Å². The van der Waals surface area contributed by atoms with Crippen LogP contribution in [0.2, 0.25) is 0 Å². The lowest BCUT2D eigenvalue weighted by Gasteiger charge is -2.36. The molecule has 1 fully saturated rings. The van der Waals surface area contributed by atoms with Crippen LogP contribution >= 0.6 is 0 Å². The van der Waals surface area contributed by atoms with Crippen LogP contribution in [0.3, 0.4) is 0 Å². The lowest BCUT2D eigenvalue weighted by Crippen LogP contribution is -2.52. The van der Waals surface area contributed by atoms with Gasteiger partial charge in [-0.2, -0.15) is 0 Å². The fourth-order valence-electron chi connectivity index (χ4n) is 3.70. The van der Waals surface area contributed by atoms with Crippen LogP contribution in [0, 0.1) is 0 Å². The van der Waals surface area contributed by atoms with Gasteiger partial charge in [-0.05, 0) is 37.1 Å². The molecular formula is C24H40N4O2. The van der Waals surface area contributed by atoms with Crippen molar-refractivity contribution in [3.05, 3.63) is 24.3 Å². The molecule has 0 bridgehead atoms. The van der Waals surface area contributed by atoms with E-state index in [4.69, 9.17) is 0 Å². The van der Waals surface area contributed by atoms with Crippen LogP contribution in [0.25, 0.3) is 0 Å². The first-order valence-corrected chi connectivity index (χ1v) is 11.8. The molecule has 1 aliphatic heterocycles. The zero-order valence-corrected chi connectivity index (χ0v) is 18.9. The molecule has 0 spiro atoms. The molecule has 1 aromatic carbocycles. The quantitative estimate of drug-likeness (QED) is 0.471. The lowest BCUT2D eigenvalue weighted by atomic mass is 10.1. The Morgan fingerprint density at radius 3 is 2.13 bits per heavy atom. The summed E-state index contributed by atoms with van der Waals surface area (Å²) in [6, 6.07) is 8.09. The van der Waals surface area contributed by atoms with Crippen LogP contribution in [-0.2, 0) is 4.79 Å². The van der Waals surface area contributed by atoms with E-state index in [9.17, 15) is 9.59 Å². The van der Waals surface area contributed by atoms with Gasteiger partial charge in [0.25, 0.3) is 0 Å². The van der Waals surface area contributed by atoms with E-state index < -0.39 is 0 Å². The molecule has 0 radical (unpaired) electrons. The molecule has 2 N–H and O–H groups in total. The van der Waals surface area contributed by atoms with Gasteiger partial charge in [0.15, 0.2) is 0 Å². The molecular weight excluding hydrogens is 376 g/mol. The van der Waals surface area contributed by atoms with Crippen molar-refractivity contribution in [3.63, 3.8) is 0 Å². The minimum absolute atomic E-state index is 0.0477. The molecule has 1 aliphatic rings. The molecule has 1 saturated heterocycles. The van der Waals surface area contributed by atoms with Crippen molar-refractivity contribution >= 4 is 23.3 Å². The topological polar surface area (TPSA) is 64.7 Å². The highest BCUT2D eigenvalue weighted by Gasteiger charge is 2.20. The predicted molar refractivity (Wildman–Crippen MR) is 125 cm³/mol. The summed E-state index contributed by atoms with van der Waals surface area (Å²) >= 11 is 0. The molecule has 0 unspecified atom stereocenters. The number of anilines is 2. The van der Waals surface area contributed by atoms with E-state index >= 15 is 0 Å². The van der Waals surface area contributed by atoms with Crippen molar-refractivity contribution in [2.45, 2.75) is 71.6 Å². The van der Waals surface area contributed by atoms with Gasteiger partial charge in [-0.25, -0.2) is 4.79 Å². The van der Waals surface area contributed by atoms with E-state index in [-0.39, 0.29) is 11.9 Å². The van der Waals surface area contributed by atoms with Crippen LogP contribution in [0.4, 0.5) is 16.2 Å². The first kappa shape index (κ1) is 24.0. The Bertz CT molecular complexity index is 625. The van der Waals surface area contributed by atoms with E-state index in [0.29, 0.717) is 6.42 Å². The maximum Gasteiger partial charge on any atom is 0.317 e. The van der Waals surface area contributed by atoms with Gasteiger partial charge < -0.3 is 20.4 Å². The zero-order valence-electron chi connectivity index (χ0n) is 18.9. The highest BCUT2D eigenvalue weighted by molar-refractivity contribution is 5.90. The molecule has 0 aromatic heterocycles. The highest BCUT2D eigenvalue weighted by atomic mass is 16.2. The average molecular weight is 417 g/mol. The number of amides is 3. The Balaban J connectivity index is 1.68. The highest BCUT2D eigenvalue weighted by Crippen LogP contribution is 2.20. The van der Waals surface area contributed by atoms with Crippen molar-refractivity contribution < 1.29 is 9.59 Å². The molecule has 0 atom stereocenters. The summed E-state index contributed by atoms with van der Waals surface area (Å²) in [5.41, 5.74) is 1.98. The molecule has 168 valence electrons. The average Bonchev–Trinajstić information content (AvgIpc) is 2.77. The Morgan fingerprint density at radius 1 is 0.833 bits per heavy atom. The SMILES string of the molecule is CCCCCCCCC(=O)Nc1ccc(N2CCN(C(=O)NCCCC)CC2)cc1. The molecule has 6 nitrogen and oxygen atoms in total. The van der Waals surface area contributed by atoms with Crippen LogP contribution in [0.1, 0.15) is 71.6 Å². The van der Waals surface area contributed by atoms with Crippen LogP contribution in [0.5, 0.6) is 0 Å². The van der Waals surface area contributed by atoms with Crippen LogP contribution < -0.4 is 15.5 Å². The number of nitrogens with zero attached hydrogens (tertiary/aromatic N) is 2. The third kappa shape index (κ3) is 8.64. The predicted octanol–water partition coefficient (Wildman–Crippen LogP) is 5.01. The van der Waals surface area contributed by atoms with E-state index in [1.807, 2.05) is 17.0 Å². The number of hydrogen-bond donors (Lipinski definition) is 2. The number of piperazine rings is 1. The van der Waals surface area contributed by atoms with Gasteiger partial charge in [-0.1, -0.05) is 52.4 Å². The van der Waals surface area contributed by atoms with Crippen molar-refractivity contribution in [1.29, 1.82) is 0 Å². The Labute approximate surface area is 182 Å². The van der Waals surface area contributed by atoms with Crippen molar-refractivity contribution in [3.8, 4) is 0 Å². The van der Waals surface area contributed by atoms with Gasteiger partial charge in [-0.15, -0.1) is 0 Å².